The molecule has 1 aliphatic carbocycles. The highest BCUT2D eigenvalue weighted by molar-refractivity contribution is 7.80. The molecular weight excluding hydrogens is 242 g/mol. The Morgan fingerprint density at radius 1 is 1.22 bits per heavy atom. The van der Waals surface area contributed by atoms with Crippen molar-refractivity contribution in [1.82, 2.24) is 0 Å². The van der Waals surface area contributed by atoms with E-state index in [-0.39, 0.29) is 5.41 Å². The van der Waals surface area contributed by atoms with E-state index in [4.69, 9.17) is 10.00 Å². The van der Waals surface area contributed by atoms with Crippen LogP contribution in [0.1, 0.15) is 31.2 Å². The third-order valence-corrected chi connectivity index (χ3v) is 4.42. The number of hydrogen-bond donors (Lipinski definition) is 1. The van der Waals surface area contributed by atoms with Crippen LogP contribution in [0.4, 0.5) is 0 Å². The normalized spacial score (nSPS) is 17.3. The van der Waals surface area contributed by atoms with Crippen LogP contribution in [0.25, 0.3) is 0 Å². The van der Waals surface area contributed by atoms with Crippen LogP contribution < -0.4 is 4.74 Å². The van der Waals surface area contributed by atoms with Crippen molar-refractivity contribution in [1.29, 1.82) is 5.26 Å². The molecule has 0 heterocycles. The molecule has 0 amide bonds. The maximum absolute atomic E-state index is 8.61. The van der Waals surface area contributed by atoms with Crippen molar-refractivity contribution in [2.45, 2.75) is 32.1 Å². The summed E-state index contributed by atoms with van der Waals surface area (Å²) in [5, 5.41) is 8.61. The minimum atomic E-state index is 0.272. The van der Waals surface area contributed by atoms with Gasteiger partial charge in [0.05, 0.1) is 19.1 Å². The van der Waals surface area contributed by atoms with Crippen LogP contribution in [0.3, 0.4) is 0 Å². The van der Waals surface area contributed by atoms with Gasteiger partial charge in [-0.1, -0.05) is 25.0 Å². The predicted molar refractivity (Wildman–Crippen MR) is 76.0 cm³/mol. The molecule has 2 rings (SSSR count). The van der Waals surface area contributed by atoms with E-state index in [2.05, 4.69) is 18.7 Å². The molecule has 1 fully saturated rings. The smallest absolute Gasteiger partial charge is 0.119 e. The molecule has 96 valence electrons. The van der Waals surface area contributed by atoms with Gasteiger partial charge in [-0.3, -0.25) is 0 Å². The van der Waals surface area contributed by atoms with Crippen molar-refractivity contribution in [3.05, 3.63) is 29.8 Å². The van der Waals surface area contributed by atoms with E-state index in [0.29, 0.717) is 6.42 Å². The number of benzene rings is 1. The van der Waals surface area contributed by atoms with E-state index in [1.165, 1.54) is 25.7 Å². The summed E-state index contributed by atoms with van der Waals surface area (Å²) in [5.74, 6) is 1.80. The lowest BCUT2D eigenvalue weighted by Crippen LogP contribution is -2.27. The summed E-state index contributed by atoms with van der Waals surface area (Å²) in [7, 11) is 0. The van der Waals surface area contributed by atoms with Crippen LogP contribution >= 0.6 is 12.6 Å². The van der Waals surface area contributed by atoms with Crippen LogP contribution in [0.5, 0.6) is 5.75 Å². The third-order valence-electron chi connectivity index (χ3n) is 3.75. The number of ether oxygens (including phenoxy) is 1. The average molecular weight is 261 g/mol. The molecule has 0 aliphatic heterocycles. The molecule has 1 aliphatic rings. The van der Waals surface area contributed by atoms with Crippen molar-refractivity contribution >= 4 is 12.6 Å². The van der Waals surface area contributed by atoms with Crippen molar-refractivity contribution in [2.75, 3.05) is 12.4 Å². The molecule has 0 N–H and O–H groups in total. The zero-order chi connectivity index (χ0) is 12.8. The maximum Gasteiger partial charge on any atom is 0.119 e. The molecule has 2 nitrogen and oxygen atoms in total. The number of nitrogens with zero attached hydrogens (tertiary/aromatic N) is 1. The van der Waals surface area contributed by atoms with Crippen molar-refractivity contribution in [3.8, 4) is 11.8 Å². The Kier molecular flexibility index (Phi) is 4.54. The van der Waals surface area contributed by atoms with E-state index in [9.17, 15) is 0 Å². The molecule has 0 saturated heterocycles. The molecule has 1 aromatic rings. The van der Waals surface area contributed by atoms with E-state index in [0.717, 1.165) is 23.7 Å². The van der Waals surface area contributed by atoms with Crippen molar-refractivity contribution in [3.63, 3.8) is 0 Å². The highest BCUT2D eigenvalue weighted by Crippen LogP contribution is 2.39. The van der Waals surface area contributed by atoms with Crippen LogP contribution in [0, 0.1) is 16.7 Å². The van der Waals surface area contributed by atoms with Gasteiger partial charge in [0.1, 0.15) is 5.75 Å². The first-order chi connectivity index (χ1) is 8.78. The number of rotatable bonds is 5. The summed E-state index contributed by atoms with van der Waals surface area (Å²) < 4.78 is 5.89. The van der Waals surface area contributed by atoms with Gasteiger partial charge in [0.2, 0.25) is 0 Å². The van der Waals surface area contributed by atoms with Gasteiger partial charge in [0.15, 0.2) is 0 Å². The Labute approximate surface area is 114 Å². The standard InChI is InChI=1S/C15H19NOS/c16-10-7-13-3-5-14(6-4-13)17-11-15(12-18)8-1-2-9-15/h3-6,18H,1-2,7-9,11-12H2. The lowest BCUT2D eigenvalue weighted by molar-refractivity contribution is 0.173. The van der Waals surface area contributed by atoms with Crippen LogP contribution in [-0.2, 0) is 6.42 Å². The highest BCUT2D eigenvalue weighted by Gasteiger charge is 2.33. The zero-order valence-electron chi connectivity index (χ0n) is 10.6. The lowest BCUT2D eigenvalue weighted by Gasteiger charge is -2.26. The molecule has 3 heteroatoms. The second kappa shape index (κ2) is 6.15. The predicted octanol–water partition coefficient (Wildman–Crippen LogP) is 3.62. The van der Waals surface area contributed by atoms with Crippen LogP contribution in [-0.4, -0.2) is 12.4 Å². The average Bonchev–Trinajstić information content (AvgIpc) is 2.88. The first kappa shape index (κ1) is 13.3. The van der Waals surface area contributed by atoms with Gasteiger partial charge < -0.3 is 4.74 Å². The summed E-state index contributed by atoms with van der Waals surface area (Å²) in [5.41, 5.74) is 1.31. The monoisotopic (exact) mass is 261 g/mol. The van der Waals surface area contributed by atoms with Gasteiger partial charge in [0, 0.05) is 5.41 Å². The third kappa shape index (κ3) is 3.20. The molecule has 0 spiro atoms. The van der Waals surface area contributed by atoms with E-state index >= 15 is 0 Å². The number of thiol groups is 1. The fourth-order valence-corrected chi connectivity index (χ4v) is 2.91. The molecule has 0 unspecified atom stereocenters. The maximum atomic E-state index is 8.61. The second-order valence-corrected chi connectivity index (χ2v) is 5.45. The molecule has 18 heavy (non-hydrogen) atoms. The lowest BCUT2D eigenvalue weighted by atomic mass is 9.90. The van der Waals surface area contributed by atoms with Gasteiger partial charge >= 0.3 is 0 Å². The molecule has 0 radical (unpaired) electrons. The molecule has 0 bridgehead atoms. The van der Waals surface area contributed by atoms with Gasteiger partial charge in [-0.25, -0.2) is 0 Å². The highest BCUT2D eigenvalue weighted by atomic mass is 32.1. The molecular formula is C15H19NOS. The van der Waals surface area contributed by atoms with Crippen molar-refractivity contribution in [2.24, 2.45) is 5.41 Å². The van der Waals surface area contributed by atoms with Gasteiger partial charge in [-0.2, -0.15) is 17.9 Å². The quantitative estimate of drug-likeness (QED) is 0.821. The molecule has 0 atom stereocenters. The van der Waals surface area contributed by atoms with E-state index < -0.39 is 0 Å². The summed E-state index contributed by atoms with van der Waals surface area (Å²) in [6.45, 7) is 0.758. The Morgan fingerprint density at radius 2 is 1.89 bits per heavy atom. The molecule has 1 aromatic carbocycles. The summed E-state index contributed by atoms with van der Waals surface area (Å²) >= 11 is 4.48. The zero-order valence-corrected chi connectivity index (χ0v) is 11.5. The minimum absolute atomic E-state index is 0.272. The first-order valence-corrected chi connectivity index (χ1v) is 7.11. The largest absolute Gasteiger partial charge is 0.493 e. The van der Waals surface area contributed by atoms with Gasteiger partial charge in [-0.15, -0.1) is 0 Å². The van der Waals surface area contributed by atoms with Gasteiger partial charge in [0.25, 0.3) is 0 Å². The Hall–Kier alpha value is -1.14. The van der Waals surface area contributed by atoms with Crippen LogP contribution in [0.2, 0.25) is 0 Å². The van der Waals surface area contributed by atoms with E-state index in [1.54, 1.807) is 0 Å². The number of nitriles is 1. The minimum Gasteiger partial charge on any atom is -0.493 e. The second-order valence-electron chi connectivity index (χ2n) is 5.13. The summed E-state index contributed by atoms with van der Waals surface area (Å²) in [6, 6.07) is 9.97. The van der Waals surface area contributed by atoms with Crippen molar-refractivity contribution < 1.29 is 4.74 Å². The SMILES string of the molecule is N#CCc1ccc(OCC2(CS)CCCC2)cc1. The molecule has 0 aromatic heterocycles. The fraction of sp³-hybridized carbons (Fsp3) is 0.533. The summed E-state index contributed by atoms with van der Waals surface area (Å²) in [6.07, 6.45) is 5.50. The fourth-order valence-electron chi connectivity index (χ4n) is 2.50. The first-order valence-electron chi connectivity index (χ1n) is 6.48. The van der Waals surface area contributed by atoms with E-state index in [1.807, 2.05) is 24.3 Å². The van der Waals surface area contributed by atoms with Gasteiger partial charge in [-0.05, 0) is 36.3 Å². The Balaban J connectivity index is 1.91. The summed E-state index contributed by atoms with van der Waals surface area (Å²) in [4.78, 5) is 0. The topological polar surface area (TPSA) is 33.0 Å². The Morgan fingerprint density at radius 3 is 2.44 bits per heavy atom. The number of hydrogen-bond acceptors (Lipinski definition) is 3. The van der Waals surface area contributed by atoms with Crippen LogP contribution in [0.15, 0.2) is 24.3 Å². The molecule has 1 saturated carbocycles. The Bertz CT molecular complexity index is 415.